The third kappa shape index (κ3) is 7.05. The molecule has 0 rings (SSSR count). The zero-order chi connectivity index (χ0) is 9.56. The predicted molar refractivity (Wildman–Crippen MR) is 46.6 cm³/mol. The summed E-state index contributed by atoms with van der Waals surface area (Å²) in [6.45, 7) is 5.64. The Kier molecular flexibility index (Phi) is 5.08. The van der Waals surface area contributed by atoms with Crippen molar-refractivity contribution in [2.45, 2.75) is 33.2 Å². The molecule has 0 unspecified atom stereocenters. The highest BCUT2D eigenvalue weighted by atomic mass is 16.2. The van der Waals surface area contributed by atoms with Crippen molar-refractivity contribution < 1.29 is 9.59 Å². The van der Waals surface area contributed by atoms with Gasteiger partial charge in [0.05, 0.1) is 0 Å². The number of nitrogens with one attached hydrogen (secondary N) is 2. The molecule has 0 spiro atoms. The second kappa shape index (κ2) is 5.57. The summed E-state index contributed by atoms with van der Waals surface area (Å²) in [5, 5.41) is 5.28. The summed E-state index contributed by atoms with van der Waals surface area (Å²) >= 11 is 0. The van der Waals surface area contributed by atoms with E-state index in [1.165, 1.54) is 6.92 Å². The van der Waals surface area contributed by atoms with E-state index in [4.69, 9.17) is 0 Å². The fourth-order valence-electron chi connectivity index (χ4n) is 0.746. The van der Waals surface area contributed by atoms with Crippen LogP contribution in [0.15, 0.2) is 0 Å². The molecule has 12 heavy (non-hydrogen) atoms. The minimum Gasteiger partial charge on any atom is -0.356 e. The van der Waals surface area contributed by atoms with E-state index in [1.807, 2.05) is 13.8 Å². The summed E-state index contributed by atoms with van der Waals surface area (Å²) in [5.41, 5.74) is 0. The van der Waals surface area contributed by atoms with E-state index in [-0.39, 0.29) is 17.9 Å². The van der Waals surface area contributed by atoms with Gasteiger partial charge < -0.3 is 10.6 Å². The highest BCUT2D eigenvalue weighted by molar-refractivity contribution is 5.78. The molecule has 0 saturated carbocycles. The van der Waals surface area contributed by atoms with Crippen LogP contribution in [0.25, 0.3) is 0 Å². The summed E-state index contributed by atoms with van der Waals surface area (Å²) < 4.78 is 0. The van der Waals surface area contributed by atoms with Crippen LogP contribution in [0.3, 0.4) is 0 Å². The van der Waals surface area contributed by atoms with Gasteiger partial charge in [-0.2, -0.15) is 0 Å². The maximum atomic E-state index is 11.0. The fourth-order valence-corrected chi connectivity index (χ4v) is 0.746. The summed E-state index contributed by atoms with van der Waals surface area (Å²) in [6, 6.07) is 0.162. The molecule has 0 aliphatic heterocycles. The number of hydrogen-bond acceptors (Lipinski definition) is 2. The third-order valence-electron chi connectivity index (χ3n) is 1.18. The molecular weight excluding hydrogens is 156 g/mol. The molecule has 4 heteroatoms. The Balaban J connectivity index is 3.38. The summed E-state index contributed by atoms with van der Waals surface area (Å²) in [4.78, 5) is 21.4. The van der Waals surface area contributed by atoms with Crippen molar-refractivity contribution >= 4 is 11.8 Å². The molecule has 0 aromatic carbocycles. The van der Waals surface area contributed by atoms with Crippen LogP contribution in [0.5, 0.6) is 0 Å². The van der Waals surface area contributed by atoms with Gasteiger partial charge in [0, 0.05) is 25.9 Å². The van der Waals surface area contributed by atoms with Crippen LogP contribution in [0.4, 0.5) is 0 Å². The highest BCUT2D eigenvalue weighted by Crippen LogP contribution is 1.81. The lowest BCUT2D eigenvalue weighted by molar-refractivity contribution is -0.121. The van der Waals surface area contributed by atoms with E-state index in [1.54, 1.807) is 0 Å². The zero-order valence-corrected chi connectivity index (χ0v) is 7.81. The number of amides is 2. The van der Waals surface area contributed by atoms with E-state index in [2.05, 4.69) is 10.6 Å². The first-order chi connectivity index (χ1) is 5.52. The molecule has 2 N–H and O–H groups in total. The Labute approximate surface area is 72.7 Å². The van der Waals surface area contributed by atoms with Gasteiger partial charge in [-0.25, -0.2) is 0 Å². The Hall–Kier alpha value is -1.06. The lowest BCUT2D eigenvalue weighted by Crippen LogP contribution is -2.33. The van der Waals surface area contributed by atoms with Gasteiger partial charge in [0.2, 0.25) is 11.8 Å². The van der Waals surface area contributed by atoms with E-state index in [0.29, 0.717) is 13.0 Å². The first-order valence-corrected chi connectivity index (χ1v) is 4.06. The molecule has 0 heterocycles. The Morgan fingerprint density at radius 1 is 1.33 bits per heavy atom. The minimum atomic E-state index is -0.104. The number of hydrogen-bond donors (Lipinski definition) is 2. The van der Waals surface area contributed by atoms with Crippen molar-refractivity contribution in [3.05, 3.63) is 0 Å². The number of rotatable bonds is 4. The molecular formula is C8H16N2O2. The molecule has 0 radical (unpaired) electrons. The largest absolute Gasteiger partial charge is 0.356 e. The topological polar surface area (TPSA) is 58.2 Å². The SMILES string of the molecule is CC(=O)NCCC(=O)NC(C)C. The molecule has 70 valence electrons. The molecule has 2 amide bonds. The van der Waals surface area contributed by atoms with E-state index in [0.717, 1.165) is 0 Å². The Morgan fingerprint density at radius 2 is 1.92 bits per heavy atom. The first-order valence-electron chi connectivity index (χ1n) is 4.06. The van der Waals surface area contributed by atoms with Crippen LogP contribution in [0.2, 0.25) is 0 Å². The maximum absolute atomic E-state index is 11.0. The van der Waals surface area contributed by atoms with Crippen LogP contribution in [-0.2, 0) is 9.59 Å². The van der Waals surface area contributed by atoms with Crippen LogP contribution in [0.1, 0.15) is 27.2 Å². The van der Waals surface area contributed by atoms with Crippen molar-refractivity contribution in [1.82, 2.24) is 10.6 Å². The van der Waals surface area contributed by atoms with E-state index in [9.17, 15) is 9.59 Å². The first kappa shape index (κ1) is 10.9. The van der Waals surface area contributed by atoms with Crippen molar-refractivity contribution in [2.75, 3.05) is 6.54 Å². The maximum Gasteiger partial charge on any atom is 0.221 e. The molecule has 0 aliphatic carbocycles. The quantitative estimate of drug-likeness (QED) is 0.629. The number of carbonyl (C=O) groups is 2. The monoisotopic (exact) mass is 172 g/mol. The van der Waals surface area contributed by atoms with Crippen molar-refractivity contribution in [1.29, 1.82) is 0 Å². The Morgan fingerprint density at radius 3 is 2.33 bits per heavy atom. The van der Waals surface area contributed by atoms with Crippen LogP contribution >= 0.6 is 0 Å². The third-order valence-corrected chi connectivity index (χ3v) is 1.18. The van der Waals surface area contributed by atoms with Gasteiger partial charge in [-0.3, -0.25) is 9.59 Å². The van der Waals surface area contributed by atoms with Crippen LogP contribution in [-0.4, -0.2) is 24.4 Å². The van der Waals surface area contributed by atoms with E-state index >= 15 is 0 Å². The average Bonchev–Trinajstić information content (AvgIpc) is 1.84. The van der Waals surface area contributed by atoms with Crippen LogP contribution < -0.4 is 10.6 Å². The van der Waals surface area contributed by atoms with Gasteiger partial charge >= 0.3 is 0 Å². The molecule has 0 aromatic rings. The van der Waals surface area contributed by atoms with Gasteiger partial charge in [-0.1, -0.05) is 0 Å². The lowest BCUT2D eigenvalue weighted by Gasteiger charge is -2.07. The molecule has 0 aromatic heterocycles. The van der Waals surface area contributed by atoms with Gasteiger partial charge in [0.25, 0.3) is 0 Å². The summed E-state index contributed by atoms with van der Waals surface area (Å²) in [6.07, 6.45) is 0.345. The normalized spacial score (nSPS) is 9.67. The summed E-state index contributed by atoms with van der Waals surface area (Å²) in [5.74, 6) is -0.133. The molecule has 4 nitrogen and oxygen atoms in total. The van der Waals surface area contributed by atoms with Crippen molar-refractivity contribution in [2.24, 2.45) is 0 Å². The van der Waals surface area contributed by atoms with Gasteiger partial charge in [0.15, 0.2) is 0 Å². The molecule has 0 aliphatic rings. The Bertz CT molecular complexity index is 166. The molecule has 0 saturated heterocycles. The van der Waals surface area contributed by atoms with Gasteiger partial charge in [-0.05, 0) is 13.8 Å². The van der Waals surface area contributed by atoms with Crippen molar-refractivity contribution in [3.63, 3.8) is 0 Å². The van der Waals surface area contributed by atoms with E-state index < -0.39 is 0 Å². The standard InChI is InChI=1S/C8H16N2O2/c1-6(2)10-8(12)4-5-9-7(3)11/h6H,4-5H2,1-3H3,(H,9,11)(H,10,12). The molecule has 0 fully saturated rings. The van der Waals surface area contributed by atoms with Crippen LogP contribution in [0, 0.1) is 0 Å². The fraction of sp³-hybridized carbons (Fsp3) is 0.750. The second-order valence-corrected chi connectivity index (χ2v) is 2.96. The molecule has 0 atom stereocenters. The van der Waals surface area contributed by atoms with Gasteiger partial charge in [-0.15, -0.1) is 0 Å². The number of carbonyl (C=O) groups excluding carboxylic acids is 2. The lowest BCUT2D eigenvalue weighted by atomic mass is 10.3. The van der Waals surface area contributed by atoms with Gasteiger partial charge in [0.1, 0.15) is 0 Å². The minimum absolute atomic E-state index is 0.0289. The van der Waals surface area contributed by atoms with Crippen molar-refractivity contribution in [3.8, 4) is 0 Å². The predicted octanol–water partition coefficient (Wildman–Crippen LogP) is 0.0372. The highest BCUT2D eigenvalue weighted by Gasteiger charge is 2.02. The molecule has 0 bridgehead atoms. The summed E-state index contributed by atoms with van der Waals surface area (Å²) in [7, 11) is 0. The zero-order valence-electron chi connectivity index (χ0n) is 7.81. The average molecular weight is 172 g/mol. The second-order valence-electron chi connectivity index (χ2n) is 2.96. The smallest absolute Gasteiger partial charge is 0.221 e.